The maximum atomic E-state index is 12.4. The van der Waals surface area contributed by atoms with E-state index in [1.54, 1.807) is 19.1 Å². The molecular formula is C16H20N2O2. The summed E-state index contributed by atoms with van der Waals surface area (Å²) >= 11 is 0. The minimum Gasteiger partial charge on any atom is -0.497 e. The molecule has 0 bridgehead atoms. The molecule has 1 fully saturated rings. The van der Waals surface area contributed by atoms with Crippen LogP contribution in [-0.2, 0) is 11.3 Å². The number of amides is 1. The lowest BCUT2D eigenvalue weighted by Crippen LogP contribution is -2.48. The lowest BCUT2D eigenvalue weighted by Gasteiger charge is -2.41. The molecule has 106 valence electrons. The van der Waals surface area contributed by atoms with Gasteiger partial charge in [-0.25, -0.2) is 0 Å². The third kappa shape index (κ3) is 2.62. The second kappa shape index (κ2) is 5.54. The number of methoxy groups -OCH3 is 1. The van der Waals surface area contributed by atoms with E-state index in [4.69, 9.17) is 4.74 Å². The first-order valence-electron chi connectivity index (χ1n) is 6.80. The highest BCUT2D eigenvalue weighted by molar-refractivity contribution is 5.86. The van der Waals surface area contributed by atoms with Crippen molar-refractivity contribution in [1.29, 1.82) is 5.26 Å². The molecule has 1 aromatic carbocycles. The van der Waals surface area contributed by atoms with Gasteiger partial charge in [-0.1, -0.05) is 19.1 Å². The zero-order valence-corrected chi connectivity index (χ0v) is 12.2. The molecule has 0 unspecified atom stereocenters. The minimum atomic E-state index is -0.791. The van der Waals surface area contributed by atoms with Gasteiger partial charge in [0.25, 0.3) is 0 Å². The average Bonchev–Trinajstić information content (AvgIpc) is 2.43. The summed E-state index contributed by atoms with van der Waals surface area (Å²) in [5.41, 5.74) is 0.239. The van der Waals surface area contributed by atoms with Crippen LogP contribution in [0.4, 0.5) is 0 Å². The minimum absolute atomic E-state index is 0.0612. The van der Waals surface area contributed by atoms with Crippen molar-refractivity contribution >= 4 is 5.91 Å². The summed E-state index contributed by atoms with van der Waals surface area (Å²) in [7, 11) is 3.38. The number of hydrogen-bond donors (Lipinski definition) is 0. The van der Waals surface area contributed by atoms with E-state index in [9.17, 15) is 10.1 Å². The van der Waals surface area contributed by atoms with Gasteiger partial charge >= 0.3 is 0 Å². The summed E-state index contributed by atoms with van der Waals surface area (Å²) in [5.74, 6) is 1.20. The molecule has 1 aliphatic rings. The maximum Gasteiger partial charge on any atom is 0.243 e. The van der Waals surface area contributed by atoms with Gasteiger partial charge in [0.05, 0.1) is 13.2 Å². The van der Waals surface area contributed by atoms with Gasteiger partial charge < -0.3 is 9.64 Å². The fourth-order valence-electron chi connectivity index (χ4n) is 2.89. The lowest BCUT2D eigenvalue weighted by atomic mass is 9.63. The van der Waals surface area contributed by atoms with Crippen molar-refractivity contribution in [2.24, 2.45) is 11.3 Å². The quantitative estimate of drug-likeness (QED) is 0.846. The smallest absolute Gasteiger partial charge is 0.243 e. The monoisotopic (exact) mass is 272 g/mol. The molecular weight excluding hydrogens is 252 g/mol. The summed E-state index contributed by atoms with van der Waals surface area (Å²) < 4.78 is 5.11. The molecule has 1 amide bonds. The van der Waals surface area contributed by atoms with Gasteiger partial charge in [-0.2, -0.15) is 5.26 Å². The van der Waals surface area contributed by atoms with E-state index < -0.39 is 5.41 Å². The van der Waals surface area contributed by atoms with Gasteiger partial charge in [-0.05, 0) is 36.5 Å². The standard InChI is InChI=1S/C16H20N2O2/c1-12-8-16(9-12,11-17)15(19)18(2)10-13-4-6-14(20-3)7-5-13/h4-7,12H,8-10H2,1-3H3. The van der Waals surface area contributed by atoms with Crippen LogP contribution < -0.4 is 4.74 Å². The molecule has 0 saturated heterocycles. The highest BCUT2D eigenvalue weighted by Gasteiger charge is 2.50. The Morgan fingerprint density at radius 1 is 1.45 bits per heavy atom. The molecule has 2 rings (SSSR count). The normalized spacial score (nSPS) is 24.4. The molecule has 0 aromatic heterocycles. The molecule has 0 spiro atoms. The topological polar surface area (TPSA) is 53.3 Å². The molecule has 0 N–H and O–H groups in total. The third-order valence-electron chi connectivity index (χ3n) is 3.94. The predicted octanol–water partition coefficient (Wildman–Crippen LogP) is 2.59. The van der Waals surface area contributed by atoms with Gasteiger partial charge in [-0.15, -0.1) is 0 Å². The highest BCUT2D eigenvalue weighted by Crippen LogP contribution is 2.46. The van der Waals surface area contributed by atoms with Crippen LogP contribution in [0, 0.1) is 22.7 Å². The van der Waals surface area contributed by atoms with Crippen molar-refractivity contribution in [3.05, 3.63) is 29.8 Å². The van der Waals surface area contributed by atoms with Crippen molar-refractivity contribution in [3.8, 4) is 11.8 Å². The van der Waals surface area contributed by atoms with Crippen molar-refractivity contribution in [1.82, 2.24) is 4.90 Å². The number of carbonyl (C=O) groups excluding carboxylic acids is 1. The average molecular weight is 272 g/mol. The van der Waals surface area contributed by atoms with Crippen LogP contribution in [0.25, 0.3) is 0 Å². The van der Waals surface area contributed by atoms with E-state index in [0.717, 1.165) is 11.3 Å². The van der Waals surface area contributed by atoms with E-state index in [-0.39, 0.29) is 5.91 Å². The molecule has 1 aromatic rings. The van der Waals surface area contributed by atoms with Crippen LogP contribution in [0.2, 0.25) is 0 Å². The van der Waals surface area contributed by atoms with Crippen LogP contribution >= 0.6 is 0 Å². The van der Waals surface area contributed by atoms with Crippen LogP contribution in [-0.4, -0.2) is 25.0 Å². The number of ether oxygens (including phenoxy) is 1. The Labute approximate surface area is 120 Å². The number of benzene rings is 1. The summed E-state index contributed by atoms with van der Waals surface area (Å²) in [6, 6.07) is 9.84. The number of nitriles is 1. The molecule has 1 aliphatic carbocycles. The Kier molecular flexibility index (Phi) is 3.99. The van der Waals surface area contributed by atoms with Gasteiger partial charge in [-0.3, -0.25) is 4.79 Å². The molecule has 20 heavy (non-hydrogen) atoms. The summed E-state index contributed by atoms with van der Waals surface area (Å²) in [4.78, 5) is 14.1. The van der Waals surface area contributed by atoms with Crippen molar-refractivity contribution in [3.63, 3.8) is 0 Å². The molecule has 0 atom stereocenters. The Balaban J connectivity index is 2.02. The summed E-state index contributed by atoms with van der Waals surface area (Å²) in [6.45, 7) is 2.59. The maximum absolute atomic E-state index is 12.4. The number of nitrogens with zero attached hydrogens (tertiary/aromatic N) is 2. The fraction of sp³-hybridized carbons (Fsp3) is 0.500. The van der Waals surface area contributed by atoms with Gasteiger partial charge in [0, 0.05) is 13.6 Å². The molecule has 0 radical (unpaired) electrons. The van der Waals surface area contributed by atoms with Crippen LogP contribution in [0.3, 0.4) is 0 Å². The lowest BCUT2D eigenvalue weighted by molar-refractivity contribution is -0.144. The SMILES string of the molecule is COc1ccc(CN(C)C(=O)C2(C#N)CC(C)C2)cc1. The molecule has 0 heterocycles. The van der Waals surface area contributed by atoms with E-state index in [0.29, 0.717) is 25.3 Å². The molecule has 1 saturated carbocycles. The number of hydrogen-bond acceptors (Lipinski definition) is 3. The number of rotatable bonds is 4. The predicted molar refractivity (Wildman–Crippen MR) is 75.9 cm³/mol. The zero-order valence-electron chi connectivity index (χ0n) is 12.2. The summed E-state index contributed by atoms with van der Waals surface area (Å²) in [5, 5.41) is 9.29. The first kappa shape index (κ1) is 14.4. The Hall–Kier alpha value is -2.02. The van der Waals surface area contributed by atoms with Crippen molar-refractivity contribution in [2.45, 2.75) is 26.3 Å². The highest BCUT2D eigenvalue weighted by atomic mass is 16.5. The third-order valence-corrected chi connectivity index (χ3v) is 3.94. The first-order chi connectivity index (χ1) is 9.50. The Bertz CT molecular complexity index is 524. The molecule has 4 heteroatoms. The van der Waals surface area contributed by atoms with Gasteiger partial charge in [0.2, 0.25) is 5.91 Å². The summed E-state index contributed by atoms with van der Waals surface area (Å²) in [6.07, 6.45) is 1.35. The molecule has 0 aliphatic heterocycles. The van der Waals surface area contributed by atoms with Gasteiger partial charge in [0.1, 0.15) is 11.2 Å². The second-order valence-electron chi connectivity index (χ2n) is 5.72. The Morgan fingerprint density at radius 3 is 2.50 bits per heavy atom. The second-order valence-corrected chi connectivity index (χ2v) is 5.72. The van der Waals surface area contributed by atoms with Crippen molar-refractivity contribution in [2.75, 3.05) is 14.2 Å². The van der Waals surface area contributed by atoms with Gasteiger partial charge in [0.15, 0.2) is 0 Å². The van der Waals surface area contributed by atoms with E-state index in [2.05, 4.69) is 13.0 Å². The molecule has 4 nitrogen and oxygen atoms in total. The van der Waals surface area contributed by atoms with Crippen LogP contribution in [0.15, 0.2) is 24.3 Å². The first-order valence-corrected chi connectivity index (χ1v) is 6.80. The van der Waals surface area contributed by atoms with Crippen molar-refractivity contribution < 1.29 is 9.53 Å². The van der Waals surface area contributed by atoms with Crippen LogP contribution in [0.5, 0.6) is 5.75 Å². The number of carbonyl (C=O) groups is 1. The largest absolute Gasteiger partial charge is 0.497 e. The van der Waals surface area contributed by atoms with E-state index in [1.807, 2.05) is 24.3 Å². The van der Waals surface area contributed by atoms with E-state index in [1.165, 1.54) is 0 Å². The fourth-order valence-corrected chi connectivity index (χ4v) is 2.89. The van der Waals surface area contributed by atoms with Crippen LogP contribution in [0.1, 0.15) is 25.3 Å². The Morgan fingerprint density at radius 2 is 2.05 bits per heavy atom. The zero-order chi connectivity index (χ0) is 14.8. The van der Waals surface area contributed by atoms with E-state index >= 15 is 0 Å².